The molecular weight excluding hydrogens is 172 g/mol. The number of rotatable bonds is 2. The summed E-state index contributed by atoms with van der Waals surface area (Å²) in [7, 11) is 0. The van der Waals surface area contributed by atoms with Crippen molar-refractivity contribution in [3.63, 3.8) is 0 Å². The lowest BCUT2D eigenvalue weighted by Crippen LogP contribution is -2.12. The van der Waals surface area contributed by atoms with Crippen LogP contribution in [0.3, 0.4) is 0 Å². The molecular formula is C12H19N2+. The van der Waals surface area contributed by atoms with E-state index in [1.807, 2.05) is 0 Å². The fourth-order valence-electron chi connectivity index (χ4n) is 2.17. The van der Waals surface area contributed by atoms with Crippen LogP contribution in [0.15, 0.2) is 12.3 Å². The lowest BCUT2D eigenvalue weighted by Gasteiger charge is -2.08. The summed E-state index contributed by atoms with van der Waals surface area (Å²) in [4.78, 5) is 0. The van der Waals surface area contributed by atoms with Gasteiger partial charge in [0.15, 0.2) is 12.3 Å². The molecule has 0 unspecified atom stereocenters. The molecule has 0 saturated heterocycles. The first-order valence-electron chi connectivity index (χ1n) is 5.42. The first-order chi connectivity index (χ1) is 6.61. The second-order valence-corrected chi connectivity index (χ2v) is 4.54. The Bertz CT molecular complexity index is 370. The lowest BCUT2D eigenvalue weighted by molar-refractivity contribution is -0.468. The Balaban J connectivity index is 2.40. The molecule has 1 aromatic heterocycles. The molecule has 2 heteroatoms. The topological polar surface area (TPSA) is 7.94 Å². The smallest absolute Gasteiger partial charge is 0.226 e. The summed E-state index contributed by atoms with van der Waals surface area (Å²) in [6.07, 6.45) is 5.59. The minimum absolute atomic E-state index is 0.569. The molecule has 0 spiro atoms. The van der Waals surface area contributed by atoms with E-state index in [-0.39, 0.29) is 0 Å². The first-order valence-corrected chi connectivity index (χ1v) is 5.42. The molecule has 2 heterocycles. The van der Waals surface area contributed by atoms with E-state index in [0.29, 0.717) is 12.1 Å². The van der Waals surface area contributed by atoms with Gasteiger partial charge in [-0.15, -0.1) is 0 Å². The van der Waals surface area contributed by atoms with E-state index in [4.69, 9.17) is 0 Å². The van der Waals surface area contributed by atoms with Gasteiger partial charge in [-0.1, -0.05) is 0 Å². The second-order valence-electron chi connectivity index (χ2n) is 4.54. The van der Waals surface area contributed by atoms with Crippen LogP contribution in [0.1, 0.15) is 39.4 Å². The highest BCUT2D eigenvalue weighted by molar-refractivity contribution is 5.66. The highest BCUT2D eigenvalue weighted by atomic mass is 15.1. The van der Waals surface area contributed by atoms with Crippen LogP contribution in [0.4, 0.5) is 5.69 Å². The molecule has 0 fully saturated rings. The Morgan fingerprint density at radius 1 is 1.29 bits per heavy atom. The number of fused-ring (bicyclic) bond motifs is 1. The zero-order valence-electron chi connectivity index (χ0n) is 9.49. The van der Waals surface area contributed by atoms with Crippen LogP contribution in [-0.4, -0.2) is 21.4 Å². The van der Waals surface area contributed by atoms with Crippen molar-refractivity contribution in [3.8, 4) is 0 Å². The van der Waals surface area contributed by atoms with E-state index in [0.717, 1.165) is 6.42 Å². The van der Waals surface area contributed by atoms with Crippen LogP contribution in [0.5, 0.6) is 0 Å². The summed E-state index contributed by atoms with van der Waals surface area (Å²) in [5, 5.41) is 0. The second kappa shape index (κ2) is 3.26. The van der Waals surface area contributed by atoms with Gasteiger partial charge >= 0.3 is 0 Å². The van der Waals surface area contributed by atoms with Crippen LogP contribution in [0, 0.1) is 0 Å². The van der Waals surface area contributed by atoms with Crippen LogP contribution in [-0.2, 0) is 6.42 Å². The van der Waals surface area contributed by atoms with Gasteiger partial charge in [0, 0.05) is 18.3 Å². The standard InChI is InChI=1S/C12H19N2/c1-9(2)13-7-5-12-11(13)6-8-14(12)10(3)4/h5,7-10H,6H2,1-4H3/q+1. The van der Waals surface area contributed by atoms with Gasteiger partial charge in [0.1, 0.15) is 5.69 Å². The Morgan fingerprint density at radius 3 is 2.57 bits per heavy atom. The van der Waals surface area contributed by atoms with E-state index in [2.05, 4.69) is 55.3 Å². The Kier molecular flexibility index (Phi) is 2.22. The van der Waals surface area contributed by atoms with E-state index >= 15 is 0 Å². The van der Waals surface area contributed by atoms with Crippen molar-refractivity contribution in [3.05, 3.63) is 18.0 Å². The van der Waals surface area contributed by atoms with Crippen molar-refractivity contribution in [2.45, 2.75) is 46.2 Å². The largest absolute Gasteiger partial charge is 0.343 e. The van der Waals surface area contributed by atoms with Crippen LogP contribution in [0.25, 0.3) is 0 Å². The van der Waals surface area contributed by atoms with Gasteiger partial charge in [0.05, 0.1) is 6.42 Å². The lowest BCUT2D eigenvalue weighted by atomic mass is 10.3. The number of hydrogen-bond acceptors (Lipinski definition) is 0. The van der Waals surface area contributed by atoms with Crippen molar-refractivity contribution in [2.75, 3.05) is 0 Å². The van der Waals surface area contributed by atoms with Gasteiger partial charge in [0.2, 0.25) is 5.69 Å². The van der Waals surface area contributed by atoms with Gasteiger partial charge in [0.25, 0.3) is 0 Å². The molecule has 0 radical (unpaired) electrons. The van der Waals surface area contributed by atoms with E-state index < -0.39 is 0 Å². The predicted octanol–water partition coefficient (Wildman–Crippen LogP) is 2.75. The maximum absolute atomic E-state index is 2.37. The zero-order chi connectivity index (χ0) is 10.3. The summed E-state index contributed by atoms with van der Waals surface area (Å²) in [6, 6.07) is 3.37. The molecule has 0 aliphatic carbocycles. The van der Waals surface area contributed by atoms with Crippen LogP contribution in [0.2, 0.25) is 0 Å². The van der Waals surface area contributed by atoms with Crippen molar-refractivity contribution in [1.82, 2.24) is 4.57 Å². The third kappa shape index (κ3) is 1.29. The number of aromatic nitrogens is 1. The molecule has 1 aromatic rings. The maximum atomic E-state index is 2.37. The Labute approximate surface area is 85.9 Å². The van der Waals surface area contributed by atoms with E-state index in [1.165, 1.54) is 11.4 Å². The predicted molar refractivity (Wildman–Crippen MR) is 59.6 cm³/mol. The zero-order valence-corrected chi connectivity index (χ0v) is 9.49. The molecule has 1 aliphatic rings. The van der Waals surface area contributed by atoms with Crippen LogP contribution >= 0.6 is 0 Å². The highest BCUT2D eigenvalue weighted by Gasteiger charge is 2.27. The Hall–Kier alpha value is -1.05. The molecule has 0 aromatic carbocycles. The molecule has 2 rings (SSSR count). The van der Waals surface area contributed by atoms with Gasteiger partial charge < -0.3 is 4.57 Å². The molecule has 1 aliphatic heterocycles. The first kappa shape index (κ1) is 9.50. The average molecular weight is 191 g/mol. The van der Waals surface area contributed by atoms with Gasteiger partial charge in [-0.25, -0.2) is 0 Å². The summed E-state index contributed by atoms with van der Waals surface area (Å²) < 4.78 is 4.74. The van der Waals surface area contributed by atoms with Crippen molar-refractivity contribution in [1.29, 1.82) is 0 Å². The quantitative estimate of drug-likeness (QED) is 0.635. The Morgan fingerprint density at radius 2 is 2.00 bits per heavy atom. The molecule has 14 heavy (non-hydrogen) atoms. The summed E-state index contributed by atoms with van der Waals surface area (Å²) in [6.45, 7) is 8.94. The molecule has 0 N–H and O–H groups in total. The van der Waals surface area contributed by atoms with E-state index in [9.17, 15) is 0 Å². The maximum Gasteiger partial charge on any atom is 0.226 e. The van der Waals surface area contributed by atoms with Crippen LogP contribution < -0.4 is 0 Å². The van der Waals surface area contributed by atoms with Gasteiger partial charge in [-0.05, 0) is 27.7 Å². The fraction of sp³-hybridized carbons (Fsp3) is 0.583. The fourth-order valence-corrected chi connectivity index (χ4v) is 2.17. The third-order valence-corrected chi connectivity index (χ3v) is 2.87. The SMILES string of the molecule is CC(C)n1ccc2c1CC=[N+]2C(C)C. The summed E-state index contributed by atoms with van der Waals surface area (Å²) in [5.74, 6) is 0. The summed E-state index contributed by atoms with van der Waals surface area (Å²) >= 11 is 0. The summed E-state index contributed by atoms with van der Waals surface area (Å²) in [5.41, 5.74) is 2.86. The van der Waals surface area contributed by atoms with Gasteiger partial charge in [-0.3, -0.25) is 0 Å². The average Bonchev–Trinajstić information content (AvgIpc) is 2.59. The molecule has 0 amide bonds. The molecule has 2 nitrogen and oxygen atoms in total. The number of hydrogen-bond donors (Lipinski definition) is 0. The molecule has 76 valence electrons. The number of nitrogens with zero attached hydrogens (tertiary/aromatic N) is 2. The monoisotopic (exact) mass is 191 g/mol. The third-order valence-electron chi connectivity index (χ3n) is 2.87. The molecule has 0 saturated carbocycles. The van der Waals surface area contributed by atoms with Gasteiger partial charge in [-0.2, -0.15) is 4.58 Å². The minimum Gasteiger partial charge on any atom is -0.343 e. The van der Waals surface area contributed by atoms with Crippen molar-refractivity contribution < 1.29 is 4.58 Å². The van der Waals surface area contributed by atoms with E-state index in [1.54, 1.807) is 0 Å². The minimum atomic E-state index is 0.569. The highest BCUT2D eigenvalue weighted by Crippen LogP contribution is 2.28. The normalized spacial score (nSPS) is 15.1. The van der Waals surface area contributed by atoms with Crippen molar-refractivity contribution in [2.24, 2.45) is 0 Å². The molecule has 0 atom stereocenters. The van der Waals surface area contributed by atoms with Crippen molar-refractivity contribution >= 4 is 11.9 Å². The molecule has 0 bridgehead atoms.